The number of hydrogen-bond acceptors (Lipinski definition) is 4. The number of aromatic amines is 1. The molecule has 2 aromatic heterocycles. The number of nitrogens with one attached hydrogen (secondary N) is 2. The van der Waals surface area contributed by atoms with Crippen LogP contribution < -0.4 is 11.1 Å². The fourth-order valence-corrected chi connectivity index (χ4v) is 1.89. The van der Waals surface area contributed by atoms with Gasteiger partial charge in [-0.1, -0.05) is 6.07 Å². The van der Waals surface area contributed by atoms with Gasteiger partial charge in [-0.25, -0.2) is 4.79 Å². The number of hydrogen-bond donors (Lipinski definition) is 2. The van der Waals surface area contributed by atoms with Gasteiger partial charge in [0.05, 0.1) is 11.1 Å². The topological polar surface area (TPSA) is 88.0 Å². The van der Waals surface area contributed by atoms with Crippen molar-refractivity contribution in [3.8, 4) is 0 Å². The Hall–Kier alpha value is -2.89. The van der Waals surface area contributed by atoms with Crippen LogP contribution in [0.2, 0.25) is 0 Å². The van der Waals surface area contributed by atoms with Gasteiger partial charge in [0.2, 0.25) is 0 Å². The molecule has 0 atom stereocenters. The van der Waals surface area contributed by atoms with Gasteiger partial charge < -0.3 is 9.73 Å². The van der Waals surface area contributed by atoms with E-state index in [4.69, 9.17) is 4.42 Å². The summed E-state index contributed by atoms with van der Waals surface area (Å²) in [5.41, 5.74) is 2.48. The van der Waals surface area contributed by atoms with Crippen molar-refractivity contribution in [3.63, 3.8) is 0 Å². The Morgan fingerprint density at radius 3 is 3.05 bits per heavy atom. The van der Waals surface area contributed by atoms with Gasteiger partial charge in [-0.15, -0.1) is 0 Å². The number of carbonyl (C=O) groups excluding carboxylic acids is 1. The van der Waals surface area contributed by atoms with Gasteiger partial charge in [0.25, 0.3) is 5.91 Å². The van der Waals surface area contributed by atoms with Crippen LogP contribution in [0.5, 0.6) is 0 Å². The minimum Gasteiger partial charge on any atom is -0.408 e. The standard InChI is InChI=1S/C14H11N3O3/c18-13(10-2-1-5-15-8-10)16-7-9-3-4-12-11(6-9)17-14(19)20-12/h1-6,8H,7H2,(H,16,18)(H,17,19). The summed E-state index contributed by atoms with van der Waals surface area (Å²) in [5, 5.41) is 2.79. The first-order chi connectivity index (χ1) is 9.72. The maximum absolute atomic E-state index is 11.9. The van der Waals surface area contributed by atoms with E-state index in [-0.39, 0.29) is 5.91 Å². The van der Waals surface area contributed by atoms with Crippen molar-refractivity contribution in [3.05, 3.63) is 64.4 Å². The Labute approximate surface area is 113 Å². The SMILES string of the molecule is O=C(NCc1ccc2oc(=O)[nH]c2c1)c1cccnc1. The van der Waals surface area contributed by atoms with Gasteiger partial charge >= 0.3 is 5.76 Å². The van der Waals surface area contributed by atoms with Crippen LogP contribution in [0, 0.1) is 0 Å². The molecule has 2 N–H and O–H groups in total. The lowest BCUT2D eigenvalue weighted by atomic mass is 10.2. The molecule has 0 fully saturated rings. The van der Waals surface area contributed by atoms with Crippen LogP contribution in [-0.4, -0.2) is 15.9 Å². The highest BCUT2D eigenvalue weighted by Gasteiger charge is 2.06. The van der Waals surface area contributed by atoms with Crippen LogP contribution in [0.3, 0.4) is 0 Å². The molecule has 100 valence electrons. The number of aromatic nitrogens is 2. The van der Waals surface area contributed by atoms with Crippen LogP contribution in [0.25, 0.3) is 11.1 Å². The van der Waals surface area contributed by atoms with Crippen LogP contribution in [-0.2, 0) is 6.54 Å². The van der Waals surface area contributed by atoms with E-state index in [1.165, 1.54) is 6.20 Å². The molecule has 20 heavy (non-hydrogen) atoms. The van der Waals surface area contributed by atoms with E-state index in [1.807, 2.05) is 0 Å². The minimum atomic E-state index is -0.489. The zero-order chi connectivity index (χ0) is 13.9. The molecular formula is C14H11N3O3. The smallest absolute Gasteiger partial charge is 0.408 e. The minimum absolute atomic E-state index is 0.195. The molecule has 0 aliphatic heterocycles. The monoisotopic (exact) mass is 269 g/mol. The largest absolute Gasteiger partial charge is 0.417 e. The highest BCUT2D eigenvalue weighted by molar-refractivity contribution is 5.93. The van der Waals surface area contributed by atoms with Gasteiger partial charge in [-0.3, -0.25) is 14.8 Å². The highest BCUT2D eigenvalue weighted by Crippen LogP contribution is 2.12. The van der Waals surface area contributed by atoms with E-state index in [1.54, 1.807) is 36.5 Å². The van der Waals surface area contributed by atoms with Crippen LogP contribution in [0.15, 0.2) is 51.9 Å². The molecule has 0 aliphatic rings. The molecule has 0 saturated heterocycles. The van der Waals surface area contributed by atoms with Gasteiger partial charge in [0.15, 0.2) is 5.58 Å². The zero-order valence-electron chi connectivity index (χ0n) is 10.4. The Morgan fingerprint density at radius 2 is 2.25 bits per heavy atom. The predicted octanol–water partition coefficient (Wildman–Crippen LogP) is 1.45. The number of oxazole rings is 1. The molecule has 6 nitrogen and oxygen atoms in total. The van der Waals surface area contributed by atoms with Crippen molar-refractivity contribution in [2.24, 2.45) is 0 Å². The Kier molecular flexibility index (Phi) is 3.04. The summed E-state index contributed by atoms with van der Waals surface area (Å²) in [5.74, 6) is -0.685. The third-order valence-electron chi connectivity index (χ3n) is 2.86. The van der Waals surface area contributed by atoms with Crippen LogP contribution >= 0.6 is 0 Å². The van der Waals surface area contributed by atoms with Gasteiger partial charge in [0.1, 0.15) is 0 Å². The quantitative estimate of drug-likeness (QED) is 0.753. The normalized spacial score (nSPS) is 10.6. The number of amides is 1. The molecule has 0 bridgehead atoms. The number of nitrogens with zero attached hydrogens (tertiary/aromatic N) is 1. The van der Waals surface area contributed by atoms with E-state index in [2.05, 4.69) is 15.3 Å². The van der Waals surface area contributed by atoms with E-state index in [0.717, 1.165) is 5.56 Å². The first-order valence-electron chi connectivity index (χ1n) is 6.02. The summed E-state index contributed by atoms with van der Waals surface area (Å²) < 4.78 is 4.91. The molecule has 0 spiro atoms. The number of rotatable bonds is 3. The summed E-state index contributed by atoms with van der Waals surface area (Å²) in [6, 6.07) is 8.65. The summed E-state index contributed by atoms with van der Waals surface area (Å²) in [6.07, 6.45) is 3.12. The van der Waals surface area contributed by atoms with Gasteiger partial charge in [-0.05, 0) is 29.8 Å². The number of carbonyl (C=O) groups is 1. The van der Waals surface area contributed by atoms with Crippen molar-refractivity contribution in [2.75, 3.05) is 0 Å². The molecule has 1 amide bonds. The van der Waals surface area contributed by atoms with E-state index in [0.29, 0.717) is 23.2 Å². The van der Waals surface area contributed by atoms with Crippen molar-refractivity contribution in [2.45, 2.75) is 6.54 Å². The van der Waals surface area contributed by atoms with Crippen LogP contribution in [0.4, 0.5) is 0 Å². The third-order valence-corrected chi connectivity index (χ3v) is 2.86. The number of H-pyrrole nitrogens is 1. The molecule has 1 aromatic carbocycles. The summed E-state index contributed by atoms with van der Waals surface area (Å²) >= 11 is 0. The first-order valence-corrected chi connectivity index (χ1v) is 6.02. The average Bonchev–Trinajstić information content (AvgIpc) is 2.85. The van der Waals surface area contributed by atoms with Crippen LogP contribution in [0.1, 0.15) is 15.9 Å². The molecular weight excluding hydrogens is 258 g/mol. The molecule has 3 aromatic rings. The molecule has 0 unspecified atom stereocenters. The molecule has 0 radical (unpaired) electrons. The predicted molar refractivity (Wildman–Crippen MR) is 72.2 cm³/mol. The lowest BCUT2D eigenvalue weighted by Crippen LogP contribution is -2.22. The summed E-state index contributed by atoms with van der Waals surface area (Å²) in [6.45, 7) is 0.358. The maximum Gasteiger partial charge on any atom is 0.417 e. The molecule has 2 heterocycles. The highest BCUT2D eigenvalue weighted by atomic mass is 16.4. The number of pyridine rings is 1. The zero-order valence-corrected chi connectivity index (χ0v) is 10.4. The molecule has 0 aliphatic carbocycles. The number of fused-ring (bicyclic) bond motifs is 1. The fraction of sp³-hybridized carbons (Fsp3) is 0.0714. The third kappa shape index (κ3) is 2.44. The Bertz CT molecular complexity index is 805. The Morgan fingerprint density at radius 1 is 1.35 bits per heavy atom. The van der Waals surface area contributed by atoms with Crippen molar-refractivity contribution in [1.29, 1.82) is 0 Å². The lowest BCUT2D eigenvalue weighted by Gasteiger charge is -2.04. The van der Waals surface area contributed by atoms with Crippen molar-refractivity contribution < 1.29 is 9.21 Å². The fourth-order valence-electron chi connectivity index (χ4n) is 1.89. The first kappa shape index (κ1) is 12.2. The van der Waals surface area contributed by atoms with Gasteiger partial charge in [-0.2, -0.15) is 0 Å². The van der Waals surface area contributed by atoms with Crippen molar-refractivity contribution in [1.82, 2.24) is 15.3 Å². The number of benzene rings is 1. The van der Waals surface area contributed by atoms with E-state index >= 15 is 0 Å². The second kappa shape index (κ2) is 5.00. The molecule has 3 rings (SSSR count). The summed E-state index contributed by atoms with van der Waals surface area (Å²) in [4.78, 5) is 29.4. The average molecular weight is 269 g/mol. The lowest BCUT2D eigenvalue weighted by molar-refractivity contribution is 0.0950. The molecule has 6 heteroatoms. The van der Waals surface area contributed by atoms with E-state index < -0.39 is 5.76 Å². The Balaban J connectivity index is 1.73. The van der Waals surface area contributed by atoms with Crippen molar-refractivity contribution >= 4 is 17.0 Å². The van der Waals surface area contributed by atoms with E-state index in [9.17, 15) is 9.59 Å². The van der Waals surface area contributed by atoms with Gasteiger partial charge in [0, 0.05) is 18.9 Å². The summed E-state index contributed by atoms with van der Waals surface area (Å²) in [7, 11) is 0. The molecule has 0 saturated carbocycles. The second-order valence-corrected chi connectivity index (χ2v) is 4.27. The second-order valence-electron chi connectivity index (χ2n) is 4.27. The maximum atomic E-state index is 11.9.